The van der Waals surface area contributed by atoms with Crippen molar-refractivity contribution in [3.8, 4) is 11.6 Å². The van der Waals surface area contributed by atoms with E-state index in [0.29, 0.717) is 18.2 Å². The summed E-state index contributed by atoms with van der Waals surface area (Å²) in [5.41, 5.74) is 0. The van der Waals surface area contributed by atoms with Gasteiger partial charge in [-0.2, -0.15) is 10.1 Å². The smallest absolute Gasteiger partial charge is 0.225 e. The molecule has 0 saturated heterocycles. The summed E-state index contributed by atoms with van der Waals surface area (Å²) in [6, 6.07) is 1.95. The van der Waals surface area contributed by atoms with E-state index in [0.717, 1.165) is 10.2 Å². The summed E-state index contributed by atoms with van der Waals surface area (Å²) in [6.07, 6.45) is 3.43. The molecule has 0 aromatic carbocycles. The van der Waals surface area contributed by atoms with Gasteiger partial charge in [0.15, 0.2) is 11.6 Å². The topological polar surface area (TPSA) is 52.8 Å². The Bertz CT molecular complexity index is 693. The summed E-state index contributed by atoms with van der Waals surface area (Å²) >= 11 is 7.43. The number of halogens is 1. The maximum Gasteiger partial charge on any atom is 0.225 e. The Kier molecular flexibility index (Phi) is 2.89. The van der Waals surface area contributed by atoms with Crippen LogP contribution in [-0.4, -0.2) is 26.4 Å². The minimum Gasteiger partial charge on any atom is -0.491 e. The predicted molar refractivity (Wildman–Crippen MR) is 70.7 cm³/mol. The fourth-order valence-corrected chi connectivity index (χ4v) is 2.63. The second kappa shape index (κ2) is 4.55. The van der Waals surface area contributed by atoms with E-state index < -0.39 is 0 Å². The van der Waals surface area contributed by atoms with E-state index in [-0.39, 0.29) is 5.28 Å². The Balaban J connectivity index is 2.14. The highest BCUT2D eigenvalue weighted by Gasteiger charge is 2.11. The second-order valence-corrected chi connectivity index (χ2v) is 4.74. The first-order chi connectivity index (χ1) is 8.78. The van der Waals surface area contributed by atoms with Crippen molar-refractivity contribution in [3.63, 3.8) is 0 Å². The maximum atomic E-state index is 5.91. The number of aromatic nitrogens is 4. The van der Waals surface area contributed by atoms with Gasteiger partial charge in [0.25, 0.3) is 0 Å². The minimum absolute atomic E-state index is 0.216. The summed E-state index contributed by atoms with van der Waals surface area (Å²) in [6.45, 7) is 2.53. The molecule has 92 valence electrons. The molecule has 3 aromatic rings. The molecule has 5 nitrogen and oxygen atoms in total. The van der Waals surface area contributed by atoms with E-state index >= 15 is 0 Å². The van der Waals surface area contributed by atoms with E-state index in [9.17, 15) is 0 Å². The molecule has 0 N–H and O–H groups in total. The first kappa shape index (κ1) is 11.4. The summed E-state index contributed by atoms with van der Waals surface area (Å²) in [7, 11) is 0. The van der Waals surface area contributed by atoms with Crippen molar-refractivity contribution in [2.45, 2.75) is 6.92 Å². The van der Waals surface area contributed by atoms with E-state index in [2.05, 4.69) is 15.1 Å². The molecule has 0 radical (unpaired) electrons. The normalized spacial score (nSPS) is 11.0. The quantitative estimate of drug-likeness (QED) is 0.692. The Hall–Kier alpha value is -1.66. The van der Waals surface area contributed by atoms with Crippen LogP contribution in [-0.2, 0) is 0 Å². The van der Waals surface area contributed by atoms with Crippen LogP contribution in [0, 0.1) is 0 Å². The first-order valence-electron chi connectivity index (χ1n) is 5.36. The van der Waals surface area contributed by atoms with Crippen LogP contribution >= 0.6 is 22.9 Å². The van der Waals surface area contributed by atoms with Crippen LogP contribution < -0.4 is 4.74 Å². The fourth-order valence-electron chi connectivity index (χ4n) is 1.65. The molecule has 0 bridgehead atoms. The molecular formula is C11H9ClN4OS. The predicted octanol–water partition coefficient (Wildman–Crippen LogP) is 2.93. The minimum atomic E-state index is 0.216. The van der Waals surface area contributed by atoms with Crippen LogP contribution in [0.2, 0.25) is 5.28 Å². The molecule has 0 aliphatic carbocycles. The number of nitrogens with zero attached hydrogens (tertiary/aromatic N) is 4. The molecule has 3 aromatic heterocycles. The average molecular weight is 281 g/mol. The van der Waals surface area contributed by atoms with E-state index in [1.54, 1.807) is 17.1 Å². The molecule has 3 rings (SSSR count). The van der Waals surface area contributed by atoms with Gasteiger partial charge >= 0.3 is 0 Å². The maximum absolute atomic E-state index is 5.91. The molecular weight excluding hydrogens is 272 g/mol. The van der Waals surface area contributed by atoms with Crippen LogP contribution in [0.5, 0.6) is 5.75 Å². The molecule has 0 fully saturated rings. The van der Waals surface area contributed by atoms with Crippen molar-refractivity contribution in [3.05, 3.63) is 29.1 Å². The third-order valence-electron chi connectivity index (χ3n) is 2.36. The van der Waals surface area contributed by atoms with Crippen molar-refractivity contribution in [1.82, 2.24) is 19.7 Å². The summed E-state index contributed by atoms with van der Waals surface area (Å²) < 4.78 is 7.02. The zero-order valence-corrected chi connectivity index (χ0v) is 11.1. The van der Waals surface area contributed by atoms with Gasteiger partial charge in [-0.3, -0.25) is 0 Å². The molecule has 0 unspecified atom stereocenters. The SMILES string of the molecule is CCOc1cnn(-c2nc(Cl)nc3sccc23)c1. The van der Waals surface area contributed by atoms with E-state index in [1.807, 2.05) is 18.4 Å². The van der Waals surface area contributed by atoms with Crippen LogP contribution in [0.3, 0.4) is 0 Å². The zero-order chi connectivity index (χ0) is 12.5. The van der Waals surface area contributed by atoms with Crippen LogP contribution in [0.15, 0.2) is 23.8 Å². The van der Waals surface area contributed by atoms with Crippen molar-refractivity contribution in [2.24, 2.45) is 0 Å². The van der Waals surface area contributed by atoms with Gasteiger partial charge in [0, 0.05) is 0 Å². The van der Waals surface area contributed by atoms with Crippen LogP contribution in [0.25, 0.3) is 16.0 Å². The highest BCUT2D eigenvalue weighted by Crippen LogP contribution is 2.26. The van der Waals surface area contributed by atoms with Gasteiger partial charge in [0.1, 0.15) is 4.83 Å². The standard InChI is InChI=1S/C11H9ClN4OS/c1-2-17-7-5-13-16(6-7)9-8-3-4-18-10(8)15-11(12)14-9/h3-6H,2H2,1H3. The monoisotopic (exact) mass is 280 g/mol. The highest BCUT2D eigenvalue weighted by atomic mass is 35.5. The molecule has 0 saturated carbocycles. The Morgan fingerprint density at radius 1 is 1.44 bits per heavy atom. The third-order valence-corrected chi connectivity index (χ3v) is 3.34. The van der Waals surface area contributed by atoms with Gasteiger partial charge in [0.2, 0.25) is 5.28 Å². The number of ether oxygens (including phenoxy) is 1. The molecule has 18 heavy (non-hydrogen) atoms. The Morgan fingerprint density at radius 3 is 3.17 bits per heavy atom. The molecule has 0 aliphatic heterocycles. The number of thiophene rings is 1. The summed E-state index contributed by atoms with van der Waals surface area (Å²) in [5.74, 6) is 1.37. The van der Waals surface area contributed by atoms with E-state index in [4.69, 9.17) is 16.3 Å². The number of hydrogen-bond acceptors (Lipinski definition) is 5. The lowest BCUT2D eigenvalue weighted by atomic mass is 10.4. The van der Waals surface area contributed by atoms with Crippen molar-refractivity contribution in [2.75, 3.05) is 6.61 Å². The van der Waals surface area contributed by atoms with Gasteiger partial charge in [-0.25, -0.2) is 9.67 Å². The average Bonchev–Trinajstić information content (AvgIpc) is 2.96. The van der Waals surface area contributed by atoms with Crippen LogP contribution in [0.4, 0.5) is 0 Å². The molecule has 0 amide bonds. The molecule has 7 heteroatoms. The van der Waals surface area contributed by atoms with Crippen molar-refractivity contribution >= 4 is 33.2 Å². The number of fused-ring (bicyclic) bond motifs is 1. The summed E-state index contributed by atoms with van der Waals surface area (Å²) in [4.78, 5) is 9.23. The van der Waals surface area contributed by atoms with Crippen molar-refractivity contribution < 1.29 is 4.74 Å². The fraction of sp³-hybridized carbons (Fsp3) is 0.182. The second-order valence-electron chi connectivity index (χ2n) is 3.51. The van der Waals surface area contributed by atoms with Gasteiger partial charge in [-0.15, -0.1) is 11.3 Å². The lowest BCUT2D eigenvalue weighted by Gasteiger charge is -2.02. The third kappa shape index (κ3) is 1.93. The highest BCUT2D eigenvalue weighted by molar-refractivity contribution is 7.16. The van der Waals surface area contributed by atoms with Gasteiger partial charge < -0.3 is 4.74 Å². The largest absolute Gasteiger partial charge is 0.491 e. The Morgan fingerprint density at radius 2 is 2.33 bits per heavy atom. The molecule has 0 spiro atoms. The Labute approximate surface area is 112 Å². The van der Waals surface area contributed by atoms with Gasteiger partial charge in [-0.05, 0) is 30.0 Å². The summed E-state index contributed by atoms with van der Waals surface area (Å²) in [5, 5.41) is 7.32. The lowest BCUT2D eigenvalue weighted by Crippen LogP contribution is -1.99. The molecule has 0 aliphatic rings. The van der Waals surface area contributed by atoms with Crippen molar-refractivity contribution in [1.29, 1.82) is 0 Å². The molecule has 3 heterocycles. The first-order valence-corrected chi connectivity index (χ1v) is 6.62. The zero-order valence-electron chi connectivity index (χ0n) is 9.50. The number of hydrogen-bond donors (Lipinski definition) is 0. The molecule has 0 atom stereocenters. The van der Waals surface area contributed by atoms with Crippen LogP contribution in [0.1, 0.15) is 6.92 Å². The van der Waals surface area contributed by atoms with E-state index in [1.165, 1.54) is 11.3 Å². The lowest BCUT2D eigenvalue weighted by molar-refractivity contribution is 0.340. The number of rotatable bonds is 3. The van der Waals surface area contributed by atoms with Gasteiger partial charge in [0.05, 0.1) is 24.4 Å². The van der Waals surface area contributed by atoms with Gasteiger partial charge in [-0.1, -0.05) is 0 Å².